The summed E-state index contributed by atoms with van der Waals surface area (Å²) in [5.74, 6) is -0.266. The summed E-state index contributed by atoms with van der Waals surface area (Å²) in [5, 5.41) is 21.9. The molecule has 0 saturated heterocycles. The van der Waals surface area contributed by atoms with Crippen LogP contribution in [-0.4, -0.2) is 43.9 Å². The number of aromatic nitrogens is 3. The monoisotopic (exact) mass is 465 g/mol. The number of carbonyl (C=O) groups is 2. The number of nitrogens with zero attached hydrogens (tertiary/aromatic N) is 4. The third kappa shape index (κ3) is 5.61. The standard InChI is InChI=1S/C18H16ClN5O6S/c1-2-23-17(14-4-3-7-29-14)21-22-18(23)31-10-16(26)30-9-15(25)20-11-5-6-12(19)13(8-11)24(27)28/h3-8H,2,9-10H2,1H3,(H,20,25). The highest BCUT2D eigenvalue weighted by atomic mass is 35.5. The minimum Gasteiger partial charge on any atom is -0.461 e. The van der Waals surface area contributed by atoms with Crippen LogP contribution in [0.1, 0.15) is 6.92 Å². The van der Waals surface area contributed by atoms with Gasteiger partial charge in [-0.25, -0.2) is 0 Å². The Morgan fingerprint density at radius 1 is 1.35 bits per heavy atom. The lowest BCUT2D eigenvalue weighted by Crippen LogP contribution is -2.21. The molecule has 1 aromatic carbocycles. The van der Waals surface area contributed by atoms with Gasteiger partial charge in [0.2, 0.25) is 0 Å². The molecule has 0 fully saturated rings. The summed E-state index contributed by atoms with van der Waals surface area (Å²) in [6.07, 6.45) is 1.53. The molecule has 31 heavy (non-hydrogen) atoms. The van der Waals surface area contributed by atoms with Gasteiger partial charge in [0.1, 0.15) is 5.02 Å². The zero-order chi connectivity index (χ0) is 22.4. The average molecular weight is 466 g/mol. The van der Waals surface area contributed by atoms with Crippen LogP contribution >= 0.6 is 23.4 Å². The molecule has 3 rings (SSSR count). The summed E-state index contributed by atoms with van der Waals surface area (Å²) in [5.41, 5.74) is -0.185. The normalized spacial score (nSPS) is 10.6. The Morgan fingerprint density at radius 3 is 2.84 bits per heavy atom. The Hall–Kier alpha value is -3.38. The van der Waals surface area contributed by atoms with Gasteiger partial charge in [0, 0.05) is 18.3 Å². The molecule has 0 unspecified atom stereocenters. The molecule has 2 aromatic heterocycles. The molecule has 3 aromatic rings. The lowest BCUT2D eigenvalue weighted by atomic mass is 10.3. The smallest absolute Gasteiger partial charge is 0.316 e. The van der Waals surface area contributed by atoms with E-state index in [4.69, 9.17) is 20.8 Å². The number of nitro benzene ring substituents is 1. The van der Waals surface area contributed by atoms with E-state index in [1.807, 2.05) is 6.92 Å². The van der Waals surface area contributed by atoms with Crippen molar-refractivity contribution in [3.8, 4) is 11.6 Å². The van der Waals surface area contributed by atoms with Gasteiger partial charge >= 0.3 is 5.97 Å². The number of esters is 1. The molecule has 11 nitrogen and oxygen atoms in total. The number of hydrogen-bond acceptors (Lipinski definition) is 9. The number of benzene rings is 1. The molecular formula is C18H16ClN5O6S. The highest BCUT2D eigenvalue weighted by Gasteiger charge is 2.18. The molecule has 0 bridgehead atoms. The topological polar surface area (TPSA) is 142 Å². The van der Waals surface area contributed by atoms with Gasteiger partial charge < -0.3 is 14.5 Å². The van der Waals surface area contributed by atoms with Crippen LogP contribution in [0.5, 0.6) is 0 Å². The molecule has 0 aliphatic rings. The molecule has 0 radical (unpaired) electrons. The predicted octanol–water partition coefficient (Wildman–Crippen LogP) is 3.39. The second kappa shape index (κ2) is 10.1. The SMILES string of the molecule is CCn1c(SCC(=O)OCC(=O)Nc2ccc(Cl)c([N+](=O)[O-])c2)nnc1-c1ccco1. The van der Waals surface area contributed by atoms with Crippen molar-refractivity contribution in [1.82, 2.24) is 14.8 Å². The molecule has 13 heteroatoms. The van der Waals surface area contributed by atoms with Gasteiger partial charge in [0.05, 0.1) is 16.9 Å². The number of thioether (sulfide) groups is 1. The molecule has 0 saturated carbocycles. The van der Waals surface area contributed by atoms with Crippen molar-refractivity contribution in [2.75, 3.05) is 17.7 Å². The molecule has 1 amide bonds. The first-order chi connectivity index (χ1) is 14.9. The Bertz CT molecular complexity index is 1100. The number of ether oxygens (including phenoxy) is 1. The summed E-state index contributed by atoms with van der Waals surface area (Å²) in [6, 6.07) is 7.30. The maximum absolute atomic E-state index is 12.0. The predicted molar refractivity (Wildman–Crippen MR) is 112 cm³/mol. The van der Waals surface area contributed by atoms with Gasteiger partial charge in [0.25, 0.3) is 11.6 Å². The van der Waals surface area contributed by atoms with Crippen LogP contribution in [0.25, 0.3) is 11.6 Å². The molecular weight excluding hydrogens is 450 g/mol. The van der Waals surface area contributed by atoms with Crippen molar-refractivity contribution in [1.29, 1.82) is 0 Å². The largest absolute Gasteiger partial charge is 0.461 e. The van der Waals surface area contributed by atoms with Gasteiger partial charge in [-0.1, -0.05) is 23.4 Å². The van der Waals surface area contributed by atoms with Crippen LogP contribution < -0.4 is 5.32 Å². The van der Waals surface area contributed by atoms with Crippen molar-refractivity contribution in [3.05, 3.63) is 51.7 Å². The fourth-order valence-electron chi connectivity index (χ4n) is 2.51. The van der Waals surface area contributed by atoms with E-state index in [0.717, 1.165) is 17.8 Å². The van der Waals surface area contributed by atoms with E-state index in [-0.39, 0.29) is 22.2 Å². The Morgan fingerprint density at radius 2 is 2.16 bits per heavy atom. The van der Waals surface area contributed by atoms with E-state index in [9.17, 15) is 19.7 Å². The van der Waals surface area contributed by atoms with Gasteiger partial charge in [-0.2, -0.15) is 0 Å². The van der Waals surface area contributed by atoms with Crippen molar-refractivity contribution < 1.29 is 23.7 Å². The summed E-state index contributed by atoms with van der Waals surface area (Å²) < 4.78 is 12.1. The van der Waals surface area contributed by atoms with E-state index >= 15 is 0 Å². The van der Waals surface area contributed by atoms with Crippen molar-refractivity contribution >= 4 is 46.6 Å². The first kappa shape index (κ1) is 22.3. The van der Waals surface area contributed by atoms with Gasteiger partial charge in [-0.15, -0.1) is 10.2 Å². The quantitative estimate of drug-likeness (QED) is 0.217. The molecule has 0 aliphatic carbocycles. The Labute approximate surface area is 184 Å². The van der Waals surface area contributed by atoms with Crippen LogP contribution in [0.15, 0.2) is 46.2 Å². The van der Waals surface area contributed by atoms with E-state index in [1.165, 1.54) is 18.4 Å². The minimum absolute atomic E-state index is 0.0541. The minimum atomic E-state index is -0.665. The molecule has 162 valence electrons. The molecule has 0 spiro atoms. The van der Waals surface area contributed by atoms with Crippen LogP contribution in [-0.2, 0) is 20.9 Å². The number of rotatable bonds is 9. The van der Waals surface area contributed by atoms with Gasteiger partial charge in [0.15, 0.2) is 23.3 Å². The summed E-state index contributed by atoms with van der Waals surface area (Å²) >= 11 is 6.84. The second-order valence-corrected chi connectivity index (χ2v) is 7.30. The molecule has 2 heterocycles. The Kier molecular flexibility index (Phi) is 7.26. The number of amides is 1. The number of halogens is 1. The van der Waals surface area contributed by atoms with Crippen LogP contribution in [0.3, 0.4) is 0 Å². The molecule has 1 N–H and O–H groups in total. The third-order valence-electron chi connectivity index (χ3n) is 3.88. The van der Waals surface area contributed by atoms with Crippen molar-refractivity contribution in [3.63, 3.8) is 0 Å². The first-order valence-corrected chi connectivity index (χ1v) is 10.2. The fourth-order valence-corrected chi connectivity index (χ4v) is 3.49. The average Bonchev–Trinajstić information content (AvgIpc) is 3.41. The lowest BCUT2D eigenvalue weighted by molar-refractivity contribution is -0.384. The highest BCUT2D eigenvalue weighted by Crippen LogP contribution is 2.27. The van der Waals surface area contributed by atoms with Crippen molar-refractivity contribution in [2.45, 2.75) is 18.6 Å². The fraction of sp³-hybridized carbons (Fsp3) is 0.222. The lowest BCUT2D eigenvalue weighted by Gasteiger charge is -2.08. The zero-order valence-corrected chi connectivity index (χ0v) is 17.7. The van der Waals surface area contributed by atoms with E-state index in [2.05, 4.69) is 15.5 Å². The van der Waals surface area contributed by atoms with Crippen LogP contribution in [0.2, 0.25) is 5.02 Å². The van der Waals surface area contributed by atoms with Gasteiger partial charge in [-0.3, -0.25) is 24.3 Å². The van der Waals surface area contributed by atoms with Gasteiger partial charge in [-0.05, 0) is 31.2 Å². The second-order valence-electron chi connectivity index (χ2n) is 5.95. The van der Waals surface area contributed by atoms with Crippen molar-refractivity contribution in [2.24, 2.45) is 0 Å². The number of carbonyl (C=O) groups excluding carboxylic acids is 2. The summed E-state index contributed by atoms with van der Waals surface area (Å²) in [6.45, 7) is 1.92. The number of hydrogen-bond donors (Lipinski definition) is 1. The maximum Gasteiger partial charge on any atom is 0.316 e. The van der Waals surface area contributed by atoms with E-state index < -0.39 is 23.4 Å². The van der Waals surface area contributed by atoms with Crippen LogP contribution in [0, 0.1) is 10.1 Å². The third-order valence-corrected chi connectivity index (χ3v) is 5.14. The number of anilines is 1. The van der Waals surface area contributed by atoms with Crippen LogP contribution in [0.4, 0.5) is 11.4 Å². The van der Waals surface area contributed by atoms with E-state index in [1.54, 1.807) is 16.7 Å². The molecule has 0 atom stereocenters. The number of nitro groups is 1. The number of furan rings is 1. The summed E-state index contributed by atoms with van der Waals surface area (Å²) in [7, 11) is 0. The number of nitrogens with one attached hydrogen (secondary N) is 1. The Balaban J connectivity index is 1.50. The van der Waals surface area contributed by atoms with E-state index in [0.29, 0.717) is 23.3 Å². The summed E-state index contributed by atoms with van der Waals surface area (Å²) in [4.78, 5) is 34.2. The maximum atomic E-state index is 12.0. The zero-order valence-electron chi connectivity index (χ0n) is 16.1. The first-order valence-electron chi connectivity index (χ1n) is 8.88. The molecule has 0 aliphatic heterocycles. The highest BCUT2D eigenvalue weighted by molar-refractivity contribution is 7.99.